The molecular formula is C18H21O5P. The van der Waals surface area contributed by atoms with Crippen LogP contribution in [-0.4, -0.2) is 18.2 Å². The molecule has 0 N–H and O–H groups in total. The zero-order valence-corrected chi connectivity index (χ0v) is 14.6. The van der Waals surface area contributed by atoms with Gasteiger partial charge < -0.3 is 13.8 Å². The molecule has 2 aromatic carbocycles. The minimum Gasteiger partial charge on any atom is -0.465 e. The van der Waals surface area contributed by atoms with E-state index in [0.29, 0.717) is 11.5 Å². The molecular weight excluding hydrogens is 327 g/mol. The fourth-order valence-corrected chi connectivity index (χ4v) is 4.06. The maximum atomic E-state index is 13.5. The van der Waals surface area contributed by atoms with Crippen LogP contribution >= 0.6 is 7.60 Å². The van der Waals surface area contributed by atoms with E-state index in [2.05, 4.69) is 0 Å². The lowest BCUT2D eigenvalue weighted by Gasteiger charge is -2.25. The van der Waals surface area contributed by atoms with Crippen molar-refractivity contribution in [2.24, 2.45) is 0 Å². The van der Waals surface area contributed by atoms with Crippen LogP contribution in [0, 0.1) is 0 Å². The molecule has 5 nitrogen and oxygen atoms in total. The Morgan fingerprint density at radius 1 is 0.917 bits per heavy atom. The van der Waals surface area contributed by atoms with Crippen molar-refractivity contribution in [3.63, 3.8) is 0 Å². The summed E-state index contributed by atoms with van der Waals surface area (Å²) in [6.45, 7) is 3.65. The summed E-state index contributed by atoms with van der Waals surface area (Å²) in [7, 11) is -3.83. The van der Waals surface area contributed by atoms with E-state index < -0.39 is 19.2 Å². The van der Waals surface area contributed by atoms with Gasteiger partial charge in [-0.1, -0.05) is 43.3 Å². The number of hydrogen-bond acceptors (Lipinski definition) is 5. The summed E-state index contributed by atoms with van der Waals surface area (Å²) in [5, 5.41) is 0. The number of esters is 1. The Kier molecular flexibility index (Phi) is 6.44. The second-order valence-electron chi connectivity index (χ2n) is 5.02. The first-order valence-corrected chi connectivity index (χ1v) is 9.46. The number of carbonyl (C=O) groups excluding carboxylic acids is 1. The van der Waals surface area contributed by atoms with Gasteiger partial charge in [-0.3, -0.25) is 4.79 Å². The molecule has 0 spiro atoms. The summed E-state index contributed by atoms with van der Waals surface area (Å²) >= 11 is 0. The molecule has 0 saturated carbocycles. The first kappa shape index (κ1) is 18.1. The molecule has 2 rings (SSSR count). The third-order valence-corrected chi connectivity index (χ3v) is 5.55. The normalized spacial score (nSPS) is 12.2. The maximum Gasteiger partial charge on any atom is 0.444 e. The van der Waals surface area contributed by atoms with Crippen LogP contribution in [-0.2, 0) is 14.1 Å². The first-order chi connectivity index (χ1) is 11.6. The van der Waals surface area contributed by atoms with Gasteiger partial charge in [-0.25, -0.2) is 4.57 Å². The van der Waals surface area contributed by atoms with Gasteiger partial charge in [0.15, 0.2) is 5.66 Å². The standard InChI is InChI=1S/C18H21O5P/c1-3-17(18(19)21-4-2)24(20,22-15-11-7-5-8-12-15)23-16-13-9-6-10-14-16/h5-14,17H,3-4H2,1-2H3. The molecule has 2 aromatic rings. The van der Waals surface area contributed by atoms with E-state index in [4.69, 9.17) is 13.8 Å². The van der Waals surface area contributed by atoms with Crippen molar-refractivity contribution in [2.45, 2.75) is 25.9 Å². The smallest absolute Gasteiger partial charge is 0.444 e. The van der Waals surface area contributed by atoms with Crippen molar-refractivity contribution < 1.29 is 23.1 Å². The summed E-state index contributed by atoms with van der Waals surface area (Å²) in [5.41, 5.74) is -1.00. The Morgan fingerprint density at radius 2 is 1.38 bits per heavy atom. The fraction of sp³-hybridized carbons (Fsp3) is 0.278. The van der Waals surface area contributed by atoms with Gasteiger partial charge in [0.05, 0.1) is 6.61 Å². The van der Waals surface area contributed by atoms with Gasteiger partial charge in [-0.2, -0.15) is 0 Å². The highest BCUT2D eigenvalue weighted by Gasteiger charge is 2.44. The second-order valence-corrected chi connectivity index (χ2v) is 7.09. The van der Waals surface area contributed by atoms with Gasteiger partial charge in [0.2, 0.25) is 0 Å². The van der Waals surface area contributed by atoms with Crippen LogP contribution in [0.25, 0.3) is 0 Å². The highest BCUT2D eigenvalue weighted by molar-refractivity contribution is 7.56. The molecule has 0 fully saturated rings. The summed E-state index contributed by atoms with van der Waals surface area (Å²) in [4.78, 5) is 12.2. The molecule has 0 radical (unpaired) electrons. The van der Waals surface area contributed by atoms with Gasteiger partial charge in [0.1, 0.15) is 11.5 Å². The van der Waals surface area contributed by atoms with Crippen molar-refractivity contribution in [1.29, 1.82) is 0 Å². The van der Waals surface area contributed by atoms with Crippen molar-refractivity contribution in [1.82, 2.24) is 0 Å². The Balaban J connectivity index is 2.35. The van der Waals surface area contributed by atoms with E-state index in [1.165, 1.54) is 0 Å². The topological polar surface area (TPSA) is 61.8 Å². The van der Waals surface area contributed by atoms with Gasteiger partial charge >= 0.3 is 13.6 Å². The first-order valence-electron chi connectivity index (χ1n) is 7.84. The number of para-hydroxylation sites is 2. The SMILES string of the molecule is CCOC(=O)C(CC)P(=O)(Oc1ccccc1)Oc1ccccc1. The number of carbonyl (C=O) groups is 1. The predicted octanol–water partition coefficient (Wildman–Crippen LogP) is 4.68. The number of hydrogen-bond donors (Lipinski definition) is 0. The molecule has 0 aliphatic carbocycles. The number of benzene rings is 2. The third-order valence-electron chi connectivity index (χ3n) is 3.28. The Morgan fingerprint density at radius 3 is 1.75 bits per heavy atom. The Bertz CT molecular complexity index is 642. The van der Waals surface area contributed by atoms with Crippen LogP contribution in [0.1, 0.15) is 20.3 Å². The van der Waals surface area contributed by atoms with Crippen LogP contribution in [0.3, 0.4) is 0 Å². The number of rotatable bonds is 8. The van der Waals surface area contributed by atoms with Crippen LogP contribution in [0.5, 0.6) is 11.5 Å². The Hall–Kier alpha value is -2.26. The zero-order chi connectivity index (χ0) is 17.4. The fourth-order valence-electron chi connectivity index (χ4n) is 2.16. The van der Waals surface area contributed by atoms with Crippen LogP contribution in [0.2, 0.25) is 0 Å². The van der Waals surface area contributed by atoms with Gasteiger partial charge in [0, 0.05) is 0 Å². The molecule has 24 heavy (non-hydrogen) atoms. The van der Waals surface area contributed by atoms with Crippen LogP contribution in [0.15, 0.2) is 60.7 Å². The van der Waals surface area contributed by atoms with Crippen molar-refractivity contribution in [3.05, 3.63) is 60.7 Å². The second kappa shape index (κ2) is 8.55. The minimum absolute atomic E-state index is 0.200. The number of ether oxygens (including phenoxy) is 1. The summed E-state index contributed by atoms with van der Waals surface area (Å²) in [6.07, 6.45) is 0.274. The molecule has 0 heterocycles. The van der Waals surface area contributed by atoms with Crippen LogP contribution in [0.4, 0.5) is 0 Å². The van der Waals surface area contributed by atoms with Crippen molar-refractivity contribution >= 4 is 13.6 Å². The molecule has 0 aromatic heterocycles. The molecule has 0 aliphatic heterocycles. The van der Waals surface area contributed by atoms with E-state index in [1.807, 2.05) is 12.1 Å². The monoisotopic (exact) mass is 348 g/mol. The lowest BCUT2D eigenvalue weighted by molar-refractivity contribution is -0.143. The molecule has 0 amide bonds. The summed E-state index contributed by atoms with van der Waals surface area (Å²) in [6, 6.07) is 17.3. The summed E-state index contributed by atoms with van der Waals surface area (Å²) in [5.74, 6) is 0.161. The predicted molar refractivity (Wildman–Crippen MR) is 92.5 cm³/mol. The third kappa shape index (κ3) is 4.62. The molecule has 0 aliphatic rings. The lowest BCUT2D eigenvalue weighted by atomic mass is 10.3. The van der Waals surface area contributed by atoms with Gasteiger partial charge in [-0.15, -0.1) is 0 Å². The van der Waals surface area contributed by atoms with E-state index in [-0.39, 0.29) is 13.0 Å². The van der Waals surface area contributed by atoms with E-state index in [9.17, 15) is 9.36 Å². The van der Waals surface area contributed by atoms with Gasteiger partial charge in [0.25, 0.3) is 0 Å². The molecule has 128 valence electrons. The lowest BCUT2D eigenvalue weighted by Crippen LogP contribution is -2.27. The largest absolute Gasteiger partial charge is 0.465 e. The van der Waals surface area contributed by atoms with E-state index in [0.717, 1.165) is 0 Å². The van der Waals surface area contributed by atoms with Gasteiger partial charge in [-0.05, 0) is 37.6 Å². The molecule has 6 heteroatoms. The summed E-state index contributed by atoms with van der Waals surface area (Å²) < 4.78 is 29.8. The van der Waals surface area contributed by atoms with E-state index >= 15 is 0 Å². The molecule has 0 bridgehead atoms. The van der Waals surface area contributed by atoms with E-state index in [1.54, 1.807) is 62.4 Å². The Labute approximate surface area is 142 Å². The van der Waals surface area contributed by atoms with Crippen LogP contribution < -0.4 is 9.05 Å². The van der Waals surface area contributed by atoms with Crippen molar-refractivity contribution in [3.8, 4) is 11.5 Å². The molecule has 1 unspecified atom stereocenters. The van der Waals surface area contributed by atoms with Crippen molar-refractivity contribution in [2.75, 3.05) is 6.61 Å². The highest BCUT2D eigenvalue weighted by Crippen LogP contribution is 2.54. The zero-order valence-electron chi connectivity index (χ0n) is 13.8. The quantitative estimate of drug-likeness (QED) is 0.512. The molecule has 1 atom stereocenters. The highest BCUT2D eigenvalue weighted by atomic mass is 31.2. The molecule has 0 saturated heterocycles. The average Bonchev–Trinajstić information content (AvgIpc) is 2.57. The maximum absolute atomic E-state index is 13.5. The minimum atomic E-state index is -3.83. The average molecular weight is 348 g/mol.